The number of likely N-dealkylation sites (tertiary alicyclic amines) is 1. The molecule has 0 saturated carbocycles. The number of carbonyl (C=O) groups excluding carboxylic acids is 1. The van der Waals surface area contributed by atoms with E-state index in [2.05, 4.69) is 5.43 Å². The Labute approximate surface area is 107 Å². The summed E-state index contributed by atoms with van der Waals surface area (Å²) in [6.07, 6.45) is 1.59. The number of piperidine rings is 1. The zero-order valence-corrected chi connectivity index (χ0v) is 10.9. The quantitative estimate of drug-likeness (QED) is 0.686. The molecule has 1 aliphatic heterocycles. The number of rotatable bonds is 5. The molecule has 1 aliphatic rings. The molecule has 104 valence electrons. The van der Waals surface area contributed by atoms with Crippen molar-refractivity contribution < 1.29 is 19.4 Å². The van der Waals surface area contributed by atoms with Gasteiger partial charge < -0.3 is 14.7 Å². The lowest BCUT2D eigenvalue weighted by molar-refractivity contribution is -0.138. The van der Waals surface area contributed by atoms with E-state index in [0.717, 1.165) is 12.8 Å². The molecule has 1 saturated heterocycles. The van der Waals surface area contributed by atoms with Gasteiger partial charge in [0.05, 0.1) is 19.1 Å². The predicted molar refractivity (Wildman–Crippen MR) is 65.0 cm³/mol. The summed E-state index contributed by atoms with van der Waals surface area (Å²) in [6, 6.07) is -0.107. The monoisotopic (exact) mass is 259 g/mol. The van der Waals surface area contributed by atoms with E-state index in [9.17, 15) is 9.59 Å². The Kier molecular flexibility index (Phi) is 5.87. The molecular formula is C11H21N3O4. The Bertz CT molecular complexity index is 288. The zero-order chi connectivity index (χ0) is 13.5. The molecule has 7 nitrogen and oxygen atoms in total. The number of hydrogen-bond donors (Lipinski definition) is 2. The fourth-order valence-electron chi connectivity index (χ4n) is 1.80. The molecular weight excluding hydrogens is 238 g/mol. The number of hydrogen-bond acceptors (Lipinski definition) is 4. The Morgan fingerprint density at radius 3 is 2.50 bits per heavy atom. The van der Waals surface area contributed by atoms with Gasteiger partial charge in [0.25, 0.3) is 0 Å². The molecule has 1 fully saturated rings. The van der Waals surface area contributed by atoms with E-state index in [1.807, 2.05) is 0 Å². The van der Waals surface area contributed by atoms with Gasteiger partial charge in [0, 0.05) is 27.2 Å². The molecule has 0 radical (unpaired) electrons. The first kappa shape index (κ1) is 14.7. The highest BCUT2D eigenvalue weighted by Crippen LogP contribution is 2.13. The van der Waals surface area contributed by atoms with Gasteiger partial charge in [-0.15, -0.1) is 0 Å². The fraction of sp³-hybridized carbons (Fsp3) is 0.818. The number of aliphatic carboxylic acids is 1. The molecule has 0 aromatic heterocycles. The predicted octanol–water partition coefficient (Wildman–Crippen LogP) is 0.128. The van der Waals surface area contributed by atoms with Crippen LogP contribution in [0.5, 0.6) is 0 Å². The van der Waals surface area contributed by atoms with E-state index < -0.39 is 5.97 Å². The summed E-state index contributed by atoms with van der Waals surface area (Å²) in [5, 5.41) is 10.1. The smallest absolute Gasteiger partial charge is 0.331 e. The van der Waals surface area contributed by atoms with E-state index >= 15 is 0 Å². The van der Waals surface area contributed by atoms with Gasteiger partial charge in [-0.1, -0.05) is 0 Å². The number of nitrogens with one attached hydrogen (secondary N) is 1. The van der Waals surface area contributed by atoms with Gasteiger partial charge in [0.1, 0.15) is 0 Å². The van der Waals surface area contributed by atoms with Crippen LogP contribution in [-0.2, 0) is 9.53 Å². The lowest BCUT2D eigenvalue weighted by atomic mass is 10.1. The summed E-state index contributed by atoms with van der Waals surface area (Å²) < 4.78 is 5.45. The summed E-state index contributed by atoms with van der Waals surface area (Å²) in [5.41, 5.74) is 2.69. The first-order chi connectivity index (χ1) is 8.49. The van der Waals surface area contributed by atoms with Gasteiger partial charge in [-0.3, -0.25) is 10.2 Å². The average molecular weight is 259 g/mol. The lowest BCUT2D eigenvalue weighted by Crippen LogP contribution is -2.49. The van der Waals surface area contributed by atoms with E-state index in [1.54, 1.807) is 24.0 Å². The molecule has 0 unspecified atom stereocenters. The van der Waals surface area contributed by atoms with Crippen molar-refractivity contribution in [3.8, 4) is 0 Å². The Morgan fingerprint density at radius 2 is 2.00 bits per heavy atom. The minimum atomic E-state index is -0.849. The summed E-state index contributed by atoms with van der Waals surface area (Å²) in [5.74, 6) is -0.849. The summed E-state index contributed by atoms with van der Waals surface area (Å²) in [6.45, 7) is 1.51. The fourth-order valence-corrected chi connectivity index (χ4v) is 1.80. The van der Waals surface area contributed by atoms with Gasteiger partial charge in [0.15, 0.2) is 0 Å². The summed E-state index contributed by atoms with van der Waals surface area (Å²) in [4.78, 5) is 23.7. The molecule has 0 spiro atoms. The number of ether oxygens (including phenoxy) is 1. The second kappa shape index (κ2) is 7.17. The highest BCUT2D eigenvalue weighted by Gasteiger charge is 2.23. The van der Waals surface area contributed by atoms with Gasteiger partial charge in [-0.05, 0) is 12.8 Å². The molecule has 1 heterocycles. The topological polar surface area (TPSA) is 82.1 Å². The first-order valence-electron chi connectivity index (χ1n) is 6.05. The Balaban J connectivity index is 2.20. The third kappa shape index (κ3) is 5.33. The highest BCUT2D eigenvalue weighted by atomic mass is 16.5. The summed E-state index contributed by atoms with van der Waals surface area (Å²) >= 11 is 0. The van der Waals surface area contributed by atoms with Crippen molar-refractivity contribution >= 4 is 12.0 Å². The molecule has 0 atom stereocenters. The SMILES string of the molecule is CN(C)NC(=O)N1CCC(OCCC(=O)O)CC1. The number of carboxylic acids is 1. The molecule has 0 bridgehead atoms. The third-order valence-electron chi connectivity index (χ3n) is 2.72. The highest BCUT2D eigenvalue weighted by molar-refractivity contribution is 5.73. The maximum atomic E-state index is 11.7. The van der Waals surface area contributed by atoms with Gasteiger partial charge in [-0.25, -0.2) is 9.80 Å². The van der Waals surface area contributed by atoms with Crippen molar-refractivity contribution in [3.05, 3.63) is 0 Å². The van der Waals surface area contributed by atoms with Crippen LogP contribution in [0.15, 0.2) is 0 Å². The summed E-state index contributed by atoms with van der Waals surface area (Å²) in [7, 11) is 3.53. The largest absolute Gasteiger partial charge is 0.481 e. The molecule has 1 rings (SSSR count). The number of carboxylic acid groups (broad SMARTS) is 1. The Hall–Kier alpha value is -1.34. The second-order valence-corrected chi connectivity index (χ2v) is 4.51. The maximum Gasteiger partial charge on any atom is 0.331 e. The maximum absolute atomic E-state index is 11.7. The van der Waals surface area contributed by atoms with Crippen LogP contribution in [0.25, 0.3) is 0 Å². The minimum Gasteiger partial charge on any atom is -0.481 e. The number of urea groups is 1. The molecule has 2 amide bonds. The van der Waals surface area contributed by atoms with Gasteiger partial charge in [-0.2, -0.15) is 0 Å². The van der Waals surface area contributed by atoms with Crippen LogP contribution in [0.3, 0.4) is 0 Å². The van der Waals surface area contributed by atoms with Gasteiger partial charge in [0.2, 0.25) is 0 Å². The van der Waals surface area contributed by atoms with Crippen LogP contribution >= 0.6 is 0 Å². The first-order valence-corrected chi connectivity index (χ1v) is 6.05. The second-order valence-electron chi connectivity index (χ2n) is 4.51. The van der Waals surface area contributed by atoms with Gasteiger partial charge >= 0.3 is 12.0 Å². The molecule has 7 heteroatoms. The molecule has 0 aromatic rings. The minimum absolute atomic E-state index is 0.0291. The molecule has 0 aliphatic carbocycles. The van der Waals surface area contributed by atoms with E-state index in [1.165, 1.54) is 0 Å². The number of hydrazine groups is 1. The van der Waals surface area contributed by atoms with E-state index in [0.29, 0.717) is 13.1 Å². The van der Waals surface area contributed by atoms with Crippen LogP contribution in [0.1, 0.15) is 19.3 Å². The zero-order valence-electron chi connectivity index (χ0n) is 10.9. The van der Waals surface area contributed by atoms with Crippen molar-refractivity contribution in [2.45, 2.75) is 25.4 Å². The number of amides is 2. The molecule has 18 heavy (non-hydrogen) atoms. The number of nitrogens with zero attached hydrogens (tertiary/aromatic N) is 2. The van der Waals surface area contributed by atoms with Crippen LogP contribution in [-0.4, -0.2) is 66.9 Å². The van der Waals surface area contributed by atoms with Crippen LogP contribution in [0, 0.1) is 0 Å². The van der Waals surface area contributed by atoms with Crippen molar-refractivity contribution in [1.82, 2.24) is 15.3 Å². The van der Waals surface area contributed by atoms with Crippen LogP contribution in [0.4, 0.5) is 4.79 Å². The van der Waals surface area contributed by atoms with Crippen LogP contribution < -0.4 is 5.43 Å². The van der Waals surface area contributed by atoms with Crippen molar-refractivity contribution in [2.24, 2.45) is 0 Å². The Morgan fingerprint density at radius 1 is 1.39 bits per heavy atom. The normalized spacial score (nSPS) is 16.9. The molecule has 2 N–H and O–H groups in total. The van der Waals surface area contributed by atoms with Crippen molar-refractivity contribution in [2.75, 3.05) is 33.8 Å². The molecule has 0 aromatic carbocycles. The van der Waals surface area contributed by atoms with Crippen molar-refractivity contribution in [1.29, 1.82) is 0 Å². The number of carbonyl (C=O) groups is 2. The lowest BCUT2D eigenvalue weighted by Gasteiger charge is -2.32. The standard InChI is InChI=1S/C11H21N3O4/c1-13(2)12-11(17)14-6-3-9(4-7-14)18-8-5-10(15)16/h9H,3-8H2,1-2H3,(H,12,17)(H,15,16). The van der Waals surface area contributed by atoms with E-state index in [4.69, 9.17) is 9.84 Å². The van der Waals surface area contributed by atoms with Crippen LogP contribution in [0.2, 0.25) is 0 Å². The third-order valence-corrected chi connectivity index (χ3v) is 2.72. The van der Waals surface area contributed by atoms with E-state index in [-0.39, 0.29) is 25.2 Å². The average Bonchev–Trinajstić information content (AvgIpc) is 2.28. The van der Waals surface area contributed by atoms with Crippen molar-refractivity contribution in [3.63, 3.8) is 0 Å².